The van der Waals surface area contributed by atoms with Crippen molar-refractivity contribution in [2.75, 3.05) is 0 Å². The Bertz CT molecular complexity index is 324. The number of carbonyl (C=O) groups is 2. The molecule has 0 atom stereocenters. The molecule has 1 rings (SSSR count). The summed E-state index contributed by atoms with van der Waals surface area (Å²) < 4.78 is 0. The molecule has 0 aliphatic heterocycles. The zero-order valence-electron chi connectivity index (χ0n) is 10.2. The van der Waals surface area contributed by atoms with Crippen LogP contribution in [0.25, 0.3) is 0 Å². The van der Waals surface area contributed by atoms with Crippen LogP contribution in [-0.2, 0) is 9.59 Å². The molecule has 0 bridgehead atoms. The minimum atomic E-state index is -1.07. The molecule has 4 nitrogen and oxygen atoms in total. The quantitative estimate of drug-likeness (QED) is 0.724. The summed E-state index contributed by atoms with van der Waals surface area (Å²) in [6.45, 7) is 1.86. The van der Waals surface area contributed by atoms with E-state index in [1.165, 1.54) is 0 Å². The highest BCUT2D eigenvalue weighted by Gasteiger charge is 2.28. The average molecular weight is 240 g/mol. The number of carboxylic acids is 2. The maximum absolute atomic E-state index is 11.3. The van der Waals surface area contributed by atoms with Gasteiger partial charge in [-0.15, -0.1) is 0 Å². The lowest BCUT2D eigenvalue weighted by Crippen LogP contribution is -2.21. The van der Waals surface area contributed by atoms with Crippen LogP contribution in [-0.4, -0.2) is 22.2 Å². The Kier molecular flexibility index (Phi) is 5.19. The fourth-order valence-corrected chi connectivity index (χ4v) is 2.55. The van der Waals surface area contributed by atoms with Gasteiger partial charge in [0, 0.05) is 5.57 Å². The Morgan fingerprint density at radius 1 is 1.06 bits per heavy atom. The van der Waals surface area contributed by atoms with Crippen LogP contribution in [0.15, 0.2) is 11.1 Å². The van der Waals surface area contributed by atoms with Crippen molar-refractivity contribution < 1.29 is 19.8 Å². The van der Waals surface area contributed by atoms with Gasteiger partial charge >= 0.3 is 11.9 Å². The van der Waals surface area contributed by atoms with Gasteiger partial charge in [0.1, 0.15) is 0 Å². The largest absolute Gasteiger partial charge is 0.478 e. The lowest BCUT2D eigenvalue weighted by atomic mass is 9.81. The summed E-state index contributed by atoms with van der Waals surface area (Å²) in [5.74, 6) is -2.20. The fraction of sp³-hybridized carbons (Fsp3) is 0.692. The Balaban J connectivity index is 3.05. The Hall–Kier alpha value is -1.32. The van der Waals surface area contributed by atoms with Crippen LogP contribution in [0.5, 0.6) is 0 Å². The van der Waals surface area contributed by atoms with Crippen molar-refractivity contribution in [3.05, 3.63) is 11.1 Å². The summed E-state index contributed by atoms with van der Waals surface area (Å²) >= 11 is 0. The number of rotatable bonds is 5. The second-order valence-corrected chi connectivity index (χ2v) is 4.59. The molecule has 0 aromatic heterocycles. The van der Waals surface area contributed by atoms with Crippen molar-refractivity contribution in [3.8, 4) is 0 Å². The molecule has 1 aliphatic carbocycles. The van der Waals surface area contributed by atoms with E-state index in [2.05, 4.69) is 0 Å². The summed E-state index contributed by atoms with van der Waals surface area (Å²) in [5.41, 5.74) is 0.256. The molecule has 4 heteroatoms. The highest BCUT2D eigenvalue weighted by atomic mass is 16.4. The molecule has 0 unspecified atom stereocenters. The topological polar surface area (TPSA) is 74.6 Å². The van der Waals surface area contributed by atoms with Gasteiger partial charge in [-0.25, -0.2) is 9.59 Å². The van der Waals surface area contributed by atoms with E-state index >= 15 is 0 Å². The molecule has 1 fully saturated rings. The lowest BCUT2D eigenvalue weighted by Gasteiger charge is -2.23. The first-order valence-electron chi connectivity index (χ1n) is 6.27. The molecular weight excluding hydrogens is 220 g/mol. The predicted molar refractivity (Wildman–Crippen MR) is 63.8 cm³/mol. The molecule has 0 saturated heterocycles. The van der Waals surface area contributed by atoms with Crippen LogP contribution in [0.2, 0.25) is 0 Å². The van der Waals surface area contributed by atoms with Crippen LogP contribution < -0.4 is 0 Å². The van der Waals surface area contributed by atoms with E-state index in [-0.39, 0.29) is 17.1 Å². The van der Waals surface area contributed by atoms with Gasteiger partial charge in [0.2, 0.25) is 0 Å². The Morgan fingerprint density at radius 3 is 2.06 bits per heavy atom. The first-order chi connectivity index (χ1) is 8.07. The minimum Gasteiger partial charge on any atom is -0.478 e. The summed E-state index contributed by atoms with van der Waals surface area (Å²) in [6, 6.07) is 0. The highest BCUT2D eigenvalue weighted by Crippen LogP contribution is 2.32. The molecule has 0 aromatic carbocycles. The van der Waals surface area contributed by atoms with E-state index in [0.717, 1.165) is 32.1 Å². The Labute approximate surface area is 101 Å². The summed E-state index contributed by atoms with van der Waals surface area (Å²) in [4.78, 5) is 22.5. The van der Waals surface area contributed by atoms with Crippen LogP contribution in [0.4, 0.5) is 0 Å². The molecule has 0 radical (unpaired) electrons. The van der Waals surface area contributed by atoms with Crippen molar-refractivity contribution in [3.63, 3.8) is 0 Å². The normalized spacial score (nSPS) is 18.6. The van der Waals surface area contributed by atoms with Gasteiger partial charge in [0.15, 0.2) is 0 Å². The van der Waals surface area contributed by atoms with Crippen molar-refractivity contribution in [2.24, 2.45) is 5.92 Å². The second kappa shape index (κ2) is 6.42. The highest BCUT2D eigenvalue weighted by molar-refractivity contribution is 5.99. The number of hydrogen-bond acceptors (Lipinski definition) is 2. The van der Waals surface area contributed by atoms with Gasteiger partial charge in [0.05, 0.1) is 5.57 Å². The maximum atomic E-state index is 11.3. The van der Waals surface area contributed by atoms with Gasteiger partial charge < -0.3 is 10.2 Å². The molecule has 17 heavy (non-hydrogen) atoms. The molecule has 0 heterocycles. The second-order valence-electron chi connectivity index (χ2n) is 4.59. The zero-order valence-corrected chi connectivity index (χ0v) is 10.2. The zero-order chi connectivity index (χ0) is 12.8. The first kappa shape index (κ1) is 13.7. The van der Waals surface area contributed by atoms with E-state index in [1.54, 1.807) is 0 Å². The fourth-order valence-electron chi connectivity index (χ4n) is 2.55. The maximum Gasteiger partial charge on any atom is 0.332 e. The molecule has 1 aliphatic rings. The lowest BCUT2D eigenvalue weighted by molar-refractivity contribution is -0.136. The smallest absolute Gasteiger partial charge is 0.332 e. The van der Waals surface area contributed by atoms with Crippen molar-refractivity contribution in [1.82, 2.24) is 0 Å². The molecular formula is C13H20O4. The van der Waals surface area contributed by atoms with Gasteiger partial charge in [-0.3, -0.25) is 0 Å². The molecule has 0 aromatic rings. The van der Waals surface area contributed by atoms with E-state index in [1.807, 2.05) is 6.92 Å². The van der Waals surface area contributed by atoms with Crippen LogP contribution in [0.3, 0.4) is 0 Å². The molecule has 0 spiro atoms. The van der Waals surface area contributed by atoms with Crippen molar-refractivity contribution in [2.45, 2.75) is 51.9 Å². The number of aliphatic carboxylic acids is 2. The number of hydrogen-bond donors (Lipinski definition) is 2. The van der Waals surface area contributed by atoms with Gasteiger partial charge in [-0.2, -0.15) is 0 Å². The minimum absolute atomic E-state index is 0.0705. The predicted octanol–water partition coefficient (Wildman–Crippen LogP) is 2.83. The number of carboxylic acid groups (broad SMARTS) is 2. The van der Waals surface area contributed by atoms with Crippen molar-refractivity contribution in [1.29, 1.82) is 0 Å². The monoisotopic (exact) mass is 240 g/mol. The summed E-state index contributed by atoms with van der Waals surface area (Å²) in [5, 5.41) is 18.4. The molecule has 96 valence electrons. The van der Waals surface area contributed by atoms with Gasteiger partial charge in [0.25, 0.3) is 0 Å². The van der Waals surface area contributed by atoms with Crippen LogP contribution in [0.1, 0.15) is 51.9 Å². The standard InChI is InChI=1S/C13H20O4/c1-2-6-10(12(14)15)11(13(16)17)9-7-4-3-5-8-9/h9H,2-8H2,1H3,(H,14,15)(H,16,17). The van der Waals surface area contributed by atoms with Gasteiger partial charge in [-0.05, 0) is 25.2 Å². The molecule has 0 amide bonds. The summed E-state index contributed by atoms with van der Waals surface area (Å²) in [6.07, 6.45) is 5.74. The third kappa shape index (κ3) is 3.58. The van der Waals surface area contributed by atoms with E-state index in [0.29, 0.717) is 12.8 Å². The first-order valence-corrected chi connectivity index (χ1v) is 6.27. The van der Waals surface area contributed by atoms with Crippen molar-refractivity contribution >= 4 is 11.9 Å². The van der Waals surface area contributed by atoms with E-state index < -0.39 is 11.9 Å². The molecule has 2 N–H and O–H groups in total. The third-order valence-electron chi connectivity index (χ3n) is 3.33. The van der Waals surface area contributed by atoms with Crippen LogP contribution in [0, 0.1) is 5.92 Å². The van der Waals surface area contributed by atoms with E-state index in [9.17, 15) is 14.7 Å². The van der Waals surface area contributed by atoms with Gasteiger partial charge in [-0.1, -0.05) is 32.6 Å². The Morgan fingerprint density at radius 2 is 1.65 bits per heavy atom. The third-order valence-corrected chi connectivity index (χ3v) is 3.33. The average Bonchev–Trinajstić information content (AvgIpc) is 2.29. The summed E-state index contributed by atoms with van der Waals surface area (Å²) in [7, 11) is 0. The molecule has 1 saturated carbocycles. The SMILES string of the molecule is CCCC(C(=O)O)=C(C(=O)O)C1CCCCC1. The van der Waals surface area contributed by atoms with Crippen LogP contribution >= 0.6 is 0 Å². The van der Waals surface area contributed by atoms with E-state index in [4.69, 9.17) is 5.11 Å².